The number of alkyl carbamates (subject to hydrolysis) is 1. The summed E-state index contributed by atoms with van der Waals surface area (Å²) in [4.78, 5) is 50.2. The third-order valence-electron chi connectivity index (χ3n) is 8.73. The van der Waals surface area contributed by atoms with Gasteiger partial charge in [-0.3, -0.25) is 9.59 Å². The van der Waals surface area contributed by atoms with E-state index in [1.54, 1.807) is 18.2 Å². The van der Waals surface area contributed by atoms with E-state index in [1.807, 2.05) is 20.8 Å². The molecule has 1 saturated heterocycles. The number of methoxy groups -OCH3 is 1. The summed E-state index contributed by atoms with van der Waals surface area (Å²) < 4.78 is 31.5. The Hall–Kier alpha value is -5.08. The molecule has 280 valence electrons. The van der Waals surface area contributed by atoms with Gasteiger partial charge in [0.1, 0.15) is 23.0 Å². The molecule has 2 aliphatic rings. The van der Waals surface area contributed by atoms with Crippen molar-refractivity contribution >= 4 is 52.8 Å². The zero-order valence-electron chi connectivity index (χ0n) is 29.8. The Bertz CT molecular complexity index is 1950. The second-order valence-corrected chi connectivity index (χ2v) is 14.6. The van der Waals surface area contributed by atoms with Crippen LogP contribution in [0.1, 0.15) is 57.0 Å². The first-order valence-electron chi connectivity index (χ1n) is 16.5. The summed E-state index contributed by atoms with van der Waals surface area (Å²) in [5, 5.41) is 28.8. The fourth-order valence-electron chi connectivity index (χ4n) is 6.42. The zero-order chi connectivity index (χ0) is 39.2. The second-order valence-electron chi connectivity index (χ2n) is 13.8. The number of anilines is 1. The predicted octanol–water partition coefficient (Wildman–Crippen LogP) is 6.29. The summed E-state index contributed by atoms with van der Waals surface area (Å²) in [5.74, 6) is 0.830. The van der Waals surface area contributed by atoms with E-state index in [-0.39, 0.29) is 38.0 Å². The molecule has 0 bridgehead atoms. The normalized spacial score (nSPS) is 23.1. The molecule has 7 atom stereocenters. The van der Waals surface area contributed by atoms with Gasteiger partial charge in [-0.2, -0.15) is 5.26 Å². The van der Waals surface area contributed by atoms with Crippen LogP contribution in [-0.2, 0) is 24.5 Å². The Balaban J connectivity index is 1.69. The average molecular weight is 770 g/mol. The molecule has 15 heteroatoms. The number of benzene rings is 2. The number of carboxylic acid groups (broad SMARTS) is 1. The molecule has 5 unspecified atom stereocenters. The minimum Gasteiger partial charge on any atom is -0.495 e. The van der Waals surface area contributed by atoms with E-state index in [1.165, 1.54) is 51.3 Å². The molecule has 53 heavy (non-hydrogen) atoms. The number of ether oxygens (including phenoxy) is 3. The van der Waals surface area contributed by atoms with Crippen LogP contribution in [0.2, 0.25) is 5.02 Å². The molecule has 4 rings (SSSR count). The summed E-state index contributed by atoms with van der Waals surface area (Å²) in [6.45, 7) is 8.43. The van der Waals surface area contributed by atoms with Gasteiger partial charge in [-0.15, -0.1) is 0 Å². The molecular formula is C38H39Cl2FN4O8. The lowest BCUT2D eigenvalue weighted by Crippen LogP contribution is -2.47. The lowest BCUT2D eigenvalue weighted by Gasteiger charge is -2.38. The van der Waals surface area contributed by atoms with E-state index >= 15 is 4.39 Å². The number of halogens is 3. The smallest absolute Gasteiger partial charge is 0.410 e. The molecule has 12 nitrogen and oxygen atoms in total. The van der Waals surface area contributed by atoms with Crippen molar-refractivity contribution in [2.24, 2.45) is 17.3 Å². The van der Waals surface area contributed by atoms with Crippen molar-refractivity contribution in [3.63, 3.8) is 0 Å². The van der Waals surface area contributed by atoms with Crippen molar-refractivity contribution in [1.82, 2.24) is 10.6 Å². The highest BCUT2D eigenvalue weighted by atomic mass is 35.5. The van der Waals surface area contributed by atoms with Crippen LogP contribution < -0.4 is 20.7 Å². The number of esters is 1. The fourth-order valence-corrected chi connectivity index (χ4v) is 6.71. The largest absolute Gasteiger partial charge is 0.495 e. The van der Waals surface area contributed by atoms with Crippen LogP contribution in [0.4, 0.5) is 14.9 Å². The zero-order valence-corrected chi connectivity index (χ0v) is 31.3. The Morgan fingerprint density at radius 1 is 1.13 bits per heavy atom. The molecule has 0 radical (unpaired) electrons. The van der Waals surface area contributed by atoms with E-state index in [0.717, 1.165) is 6.07 Å². The SMILES string of the molecule is COc1cc(C(=O)OC(C)OC(=O)NC(C)C(=O)O)ccc1NC(=O)[C@@H]1NC(CC(C)(C)C)[C@](C#N)(c2ccc(Cl)cc2F)C1C1C#CC(Cl)=CC=C1. The maximum atomic E-state index is 16.0. The molecule has 0 saturated carbocycles. The third kappa shape index (κ3) is 9.48. The molecule has 1 aliphatic heterocycles. The van der Waals surface area contributed by atoms with Crippen molar-refractivity contribution in [2.45, 2.75) is 70.9 Å². The first-order valence-corrected chi connectivity index (χ1v) is 17.2. The van der Waals surface area contributed by atoms with Gasteiger partial charge in [0.25, 0.3) is 0 Å². The molecule has 0 aromatic heterocycles. The first kappa shape index (κ1) is 40.7. The van der Waals surface area contributed by atoms with Gasteiger partial charge in [0.15, 0.2) is 0 Å². The van der Waals surface area contributed by atoms with Crippen LogP contribution in [0.5, 0.6) is 5.75 Å². The van der Waals surface area contributed by atoms with Crippen LogP contribution in [-0.4, -0.2) is 60.6 Å². The molecule has 0 spiro atoms. The molecule has 1 fully saturated rings. The number of carbonyl (C=O) groups is 4. The molecule has 4 N–H and O–H groups in total. The van der Waals surface area contributed by atoms with Gasteiger partial charge in [-0.1, -0.05) is 74.0 Å². The van der Waals surface area contributed by atoms with Crippen molar-refractivity contribution in [2.75, 3.05) is 12.4 Å². The van der Waals surface area contributed by atoms with Gasteiger partial charge in [-0.05, 0) is 55.2 Å². The number of nitrogens with one attached hydrogen (secondary N) is 3. The monoisotopic (exact) mass is 768 g/mol. The maximum absolute atomic E-state index is 16.0. The standard InChI is InChI=1S/C38H39Cl2FN4O8/c1-20(34(47)48)43-36(50)53-21(2)52-35(49)23-11-15-28(29(16-23)51-6)44-33(46)32-31(22-8-7-9-24(39)12-10-22)38(19-42,30(45-32)18-37(3,4)5)26-14-13-25(40)17-27(26)41/h7-9,11,13-17,20-22,30-32,45H,18H2,1-6H3,(H,43,50)(H,44,46)(H,47,48)/t20?,21?,22?,30?,31?,32-,38+/m1/s1. The van der Waals surface area contributed by atoms with Gasteiger partial charge in [0, 0.05) is 35.4 Å². The lowest BCUT2D eigenvalue weighted by atomic mass is 9.61. The molecule has 1 heterocycles. The van der Waals surface area contributed by atoms with Crippen LogP contribution in [0, 0.1) is 46.2 Å². The Kier molecular flexibility index (Phi) is 12.8. The number of hydrogen-bond donors (Lipinski definition) is 4. The summed E-state index contributed by atoms with van der Waals surface area (Å²) in [6.07, 6.45) is 2.86. The highest BCUT2D eigenvalue weighted by molar-refractivity contribution is 6.32. The summed E-state index contributed by atoms with van der Waals surface area (Å²) in [7, 11) is 1.32. The lowest BCUT2D eigenvalue weighted by molar-refractivity contribution is -0.139. The Morgan fingerprint density at radius 2 is 1.85 bits per heavy atom. The van der Waals surface area contributed by atoms with E-state index in [9.17, 15) is 24.4 Å². The number of carbonyl (C=O) groups excluding carboxylic acids is 3. The maximum Gasteiger partial charge on any atom is 0.410 e. The predicted molar refractivity (Wildman–Crippen MR) is 195 cm³/mol. The quantitative estimate of drug-likeness (QED) is 0.115. The highest BCUT2D eigenvalue weighted by Crippen LogP contribution is 2.51. The van der Waals surface area contributed by atoms with Gasteiger partial charge in [-0.25, -0.2) is 14.0 Å². The number of carboxylic acids is 1. The Labute approximate surface area is 316 Å². The van der Waals surface area contributed by atoms with E-state index in [0.29, 0.717) is 6.42 Å². The number of rotatable bonds is 11. The van der Waals surface area contributed by atoms with E-state index < -0.39 is 71.4 Å². The van der Waals surface area contributed by atoms with Crippen molar-refractivity contribution in [1.29, 1.82) is 5.26 Å². The third-order valence-corrected chi connectivity index (χ3v) is 9.18. The summed E-state index contributed by atoms with van der Waals surface area (Å²) in [6, 6.07) is 7.51. The molecule has 2 aromatic rings. The van der Waals surface area contributed by atoms with Crippen LogP contribution >= 0.6 is 23.2 Å². The highest BCUT2D eigenvalue weighted by Gasteiger charge is 2.61. The summed E-state index contributed by atoms with van der Waals surface area (Å²) >= 11 is 12.4. The van der Waals surface area contributed by atoms with Crippen LogP contribution in [0.3, 0.4) is 0 Å². The molecule has 2 aromatic carbocycles. The molecule has 2 amide bonds. The van der Waals surface area contributed by atoms with Gasteiger partial charge in [0.2, 0.25) is 12.2 Å². The molecular weight excluding hydrogens is 730 g/mol. The van der Waals surface area contributed by atoms with E-state index in [2.05, 4.69) is 33.9 Å². The minimum atomic E-state index is -1.62. The Morgan fingerprint density at radius 3 is 2.47 bits per heavy atom. The fraction of sp³-hybridized carbons (Fsp3) is 0.395. The number of allylic oxidation sites excluding steroid dienone is 4. The van der Waals surface area contributed by atoms with Crippen LogP contribution in [0.15, 0.2) is 59.7 Å². The van der Waals surface area contributed by atoms with Crippen molar-refractivity contribution in [3.05, 3.63) is 81.6 Å². The minimum absolute atomic E-state index is 0.0262. The van der Waals surface area contributed by atoms with Gasteiger partial charge < -0.3 is 35.3 Å². The van der Waals surface area contributed by atoms with Crippen LogP contribution in [0.25, 0.3) is 0 Å². The number of amides is 2. The van der Waals surface area contributed by atoms with E-state index in [4.69, 9.17) is 42.5 Å². The van der Waals surface area contributed by atoms with Gasteiger partial charge >= 0.3 is 18.0 Å². The summed E-state index contributed by atoms with van der Waals surface area (Å²) in [5.41, 5.74) is -1.79. The second kappa shape index (κ2) is 16.7. The number of hydrogen-bond acceptors (Lipinski definition) is 9. The molecule has 1 aliphatic carbocycles. The van der Waals surface area contributed by atoms with Crippen molar-refractivity contribution < 1.29 is 42.9 Å². The average Bonchev–Trinajstić information content (AvgIpc) is 3.22. The number of nitriles is 1. The number of aliphatic carboxylic acids is 1. The topological polar surface area (TPSA) is 176 Å². The number of nitrogens with zero attached hydrogens (tertiary/aromatic N) is 1. The van der Waals surface area contributed by atoms with Crippen molar-refractivity contribution in [3.8, 4) is 23.7 Å². The first-order chi connectivity index (χ1) is 24.9. The van der Waals surface area contributed by atoms with Gasteiger partial charge in [0.05, 0.1) is 35.5 Å².